The summed E-state index contributed by atoms with van der Waals surface area (Å²) in [6.07, 6.45) is 1.45. The maximum Gasteiger partial charge on any atom is 0.291 e. The molecule has 1 N–H and O–H groups in total. The van der Waals surface area contributed by atoms with Gasteiger partial charge in [-0.15, -0.1) is 0 Å². The molecule has 0 saturated heterocycles. The second-order valence-corrected chi connectivity index (χ2v) is 4.69. The Morgan fingerprint density at radius 3 is 2.22 bits per heavy atom. The van der Waals surface area contributed by atoms with Gasteiger partial charge in [0, 0.05) is 5.69 Å². The highest BCUT2D eigenvalue weighted by Gasteiger charge is 2.08. The molecule has 1 aromatic heterocycles. The first-order valence-corrected chi connectivity index (χ1v) is 6.87. The van der Waals surface area contributed by atoms with E-state index in [1.54, 1.807) is 60.7 Å². The van der Waals surface area contributed by atoms with Crippen molar-refractivity contribution >= 4 is 11.6 Å². The van der Waals surface area contributed by atoms with Gasteiger partial charge in [-0.2, -0.15) is 5.26 Å². The molecule has 2 aromatic carbocycles. The van der Waals surface area contributed by atoms with Gasteiger partial charge >= 0.3 is 0 Å². The number of hydrogen-bond donors (Lipinski definition) is 1. The second kappa shape index (κ2) is 6.50. The number of nitrogens with zero attached hydrogens (tertiary/aromatic N) is 1. The third-order valence-corrected chi connectivity index (χ3v) is 3.08. The van der Waals surface area contributed by atoms with E-state index in [0.717, 1.165) is 0 Å². The number of amides is 1. The monoisotopic (exact) mass is 304 g/mol. The Kier molecular flexibility index (Phi) is 4.07. The number of furan rings is 1. The summed E-state index contributed by atoms with van der Waals surface area (Å²) in [7, 11) is 0. The molecule has 3 aromatic rings. The van der Waals surface area contributed by atoms with Gasteiger partial charge in [0.25, 0.3) is 5.91 Å². The van der Waals surface area contributed by atoms with Gasteiger partial charge in [-0.1, -0.05) is 0 Å². The molecule has 23 heavy (non-hydrogen) atoms. The van der Waals surface area contributed by atoms with Crippen LogP contribution in [0.1, 0.15) is 16.1 Å². The smallest absolute Gasteiger partial charge is 0.291 e. The summed E-state index contributed by atoms with van der Waals surface area (Å²) >= 11 is 0. The minimum Gasteiger partial charge on any atom is -0.459 e. The predicted molar refractivity (Wildman–Crippen MR) is 84.3 cm³/mol. The van der Waals surface area contributed by atoms with Gasteiger partial charge in [0.1, 0.15) is 11.5 Å². The molecule has 0 atom stereocenters. The minimum absolute atomic E-state index is 0.253. The molecule has 0 aliphatic carbocycles. The molecule has 0 fully saturated rings. The first-order valence-electron chi connectivity index (χ1n) is 6.87. The van der Waals surface area contributed by atoms with E-state index in [1.807, 2.05) is 0 Å². The number of carbonyl (C=O) groups is 1. The average molecular weight is 304 g/mol. The van der Waals surface area contributed by atoms with Crippen molar-refractivity contribution in [1.82, 2.24) is 0 Å². The molecule has 0 unspecified atom stereocenters. The van der Waals surface area contributed by atoms with Crippen molar-refractivity contribution in [3.05, 3.63) is 78.3 Å². The number of rotatable bonds is 4. The Balaban J connectivity index is 1.64. The van der Waals surface area contributed by atoms with Crippen molar-refractivity contribution in [2.45, 2.75) is 0 Å². The lowest BCUT2D eigenvalue weighted by atomic mass is 10.2. The molecular weight excluding hydrogens is 292 g/mol. The van der Waals surface area contributed by atoms with Crippen LogP contribution in [0.5, 0.6) is 11.5 Å². The quantitative estimate of drug-likeness (QED) is 0.784. The molecular formula is C18H12N2O3. The van der Waals surface area contributed by atoms with Crippen LogP contribution in [0.15, 0.2) is 71.3 Å². The molecule has 112 valence electrons. The van der Waals surface area contributed by atoms with E-state index in [1.165, 1.54) is 6.26 Å². The zero-order valence-corrected chi connectivity index (χ0v) is 12.0. The van der Waals surface area contributed by atoms with Crippen LogP contribution < -0.4 is 10.1 Å². The van der Waals surface area contributed by atoms with E-state index in [2.05, 4.69) is 11.4 Å². The van der Waals surface area contributed by atoms with Crippen LogP contribution in [0.2, 0.25) is 0 Å². The summed E-state index contributed by atoms with van der Waals surface area (Å²) in [4.78, 5) is 11.8. The number of nitriles is 1. The fourth-order valence-corrected chi connectivity index (χ4v) is 1.94. The summed E-state index contributed by atoms with van der Waals surface area (Å²) in [5, 5.41) is 11.5. The molecule has 0 bridgehead atoms. The molecule has 5 heteroatoms. The van der Waals surface area contributed by atoms with E-state index < -0.39 is 0 Å². The van der Waals surface area contributed by atoms with Gasteiger partial charge in [-0.05, 0) is 60.7 Å². The number of ether oxygens (including phenoxy) is 1. The van der Waals surface area contributed by atoms with E-state index in [0.29, 0.717) is 22.7 Å². The lowest BCUT2D eigenvalue weighted by Crippen LogP contribution is -2.10. The van der Waals surface area contributed by atoms with Crippen molar-refractivity contribution in [1.29, 1.82) is 5.26 Å². The van der Waals surface area contributed by atoms with E-state index in [9.17, 15) is 4.79 Å². The topological polar surface area (TPSA) is 75.3 Å². The molecule has 5 nitrogen and oxygen atoms in total. The van der Waals surface area contributed by atoms with Gasteiger partial charge in [-0.3, -0.25) is 4.79 Å². The van der Waals surface area contributed by atoms with Gasteiger partial charge < -0.3 is 14.5 Å². The first kappa shape index (κ1) is 14.4. The highest BCUT2D eigenvalue weighted by molar-refractivity contribution is 6.02. The largest absolute Gasteiger partial charge is 0.459 e. The predicted octanol–water partition coefficient (Wildman–Crippen LogP) is 4.20. The van der Waals surface area contributed by atoms with Crippen molar-refractivity contribution in [2.75, 3.05) is 5.32 Å². The SMILES string of the molecule is N#Cc1ccc(Oc2ccc(NC(=O)c3ccco3)cc2)cc1. The van der Waals surface area contributed by atoms with Crippen LogP contribution in [0.4, 0.5) is 5.69 Å². The highest BCUT2D eigenvalue weighted by Crippen LogP contribution is 2.23. The standard InChI is InChI=1S/C18H12N2O3/c19-12-13-3-7-15(8-4-13)23-16-9-5-14(6-10-16)20-18(21)17-2-1-11-22-17/h1-11H,(H,20,21). The number of hydrogen-bond acceptors (Lipinski definition) is 4. The van der Waals surface area contributed by atoms with E-state index >= 15 is 0 Å². The first-order chi connectivity index (χ1) is 11.2. The number of nitrogens with one attached hydrogen (secondary N) is 1. The normalized spacial score (nSPS) is 9.87. The van der Waals surface area contributed by atoms with Gasteiger partial charge in [-0.25, -0.2) is 0 Å². The van der Waals surface area contributed by atoms with Crippen LogP contribution in [0, 0.1) is 11.3 Å². The highest BCUT2D eigenvalue weighted by atomic mass is 16.5. The molecule has 1 heterocycles. The fourth-order valence-electron chi connectivity index (χ4n) is 1.94. The van der Waals surface area contributed by atoms with Crippen molar-refractivity contribution in [2.24, 2.45) is 0 Å². The second-order valence-electron chi connectivity index (χ2n) is 4.69. The van der Waals surface area contributed by atoms with Crippen molar-refractivity contribution in [3.8, 4) is 17.6 Å². The maximum absolute atomic E-state index is 11.8. The molecule has 1 amide bonds. The van der Waals surface area contributed by atoms with Crippen LogP contribution in [0.25, 0.3) is 0 Å². The Morgan fingerprint density at radius 1 is 1.00 bits per heavy atom. The van der Waals surface area contributed by atoms with Gasteiger partial charge in [0.2, 0.25) is 0 Å². The maximum atomic E-state index is 11.8. The Labute approximate surface area is 132 Å². The Bertz CT molecular complexity index is 829. The zero-order chi connectivity index (χ0) is 16.1. The lowest BCUT2D eigenvalue weighted by molar-refractivity contribution is 0.0996. The minimum atomic E-state index is -0.309. The fraction of sp³-hybridized carbons (Fsp3) is 0. The number of benzene rings is 2. The molecule has 0 radical (unpaired) electrons. The molecule has 0 saturated carbocycles. The van der Waals surface area contributed by atoms with Gasteiger partial charge in [0.05, 0.1) is 17.9 Å². The molecule has 0 spiro atoms. The Hall–Kier alpha value is -3.52. The average Bonchev–Trinajstić information content (AvgIpc) is 3.12. The summed E-state index contributed by atoms with van der Waals surface area (Å²) in [5.74, 6) is 1.21. The summed E-state index contributed by atoms with van der Waals surface area (Å²) in [5.41, 5.74) is 1.21. The van der Waals surface area contributed by atoms with Crippen molar-refractivity contribution in [3.63, 3.8) is 0 Å². The lowest BCUT2D eigenvalue weighted by Gasteiger charge is -2.07. The van der Waals surface area contributed by atoms with Crippen LogP contribution >= 0.6 is 0 Å². The molecule has 0 aliphatic rings. The van der Waals surface area contributed by atoms with E-state index in [-0.39, 0.29) is 11.7 Å². The summed E-state index contributed by atoms with van der Waals surface area (Å²) < 4.78 is 10.7. The molecule has 3 rings (SSSR count). The van der Waals surface area contributed by atoms with Gasteiger partial charge in [0.15, 0.2) is 5.76 Å². The van der Waals surface area contributed by atoms with Crippen LogP contribution in [0.3, 0.4) is 0 Å². The van der Waals surface area contributed by atoms with Crippen LogP contribution in [-0.2, 0) is 0 Å². The number of carbonyl (C=O) groups excluding carboxylic acids is 1. The third-order valence-electron chi connectivity index (χ3n) is 3.08. The van der Waals surface area contributed by atoms with Crippen molar-refractivity contribution < 1.29 is 13.9 Å². The number of anilines is 1. The molecule has 0 aliphatic heterocycles. The van der Waals surface area contributed by atoms with Crippen LogP contribution in [-0.4, -0.2) is 5.91 Å². The zero-order valence-electron chi connectivity index (χ0n) is 12.0. The van der Waals surface area contributed by atoms with E-state index in [4.69, 9.17) is 14.4 Å². The summed E-state index contributed by atoms with van der Waals surface area (Å²) in [6.45, 7) is 0. The summed E-state index contributed by atoms with van der Waals surface area (Å²) in [6, 6.07) is 19.1. The Morgan fingerprint density at radius 2 is 1.65 bits per heavy atom. The third kappa shape index (κ3) is 3.57.